The Morgan fingerprint density at radius 1 is 0.700 bits per heavy atom. The summed E-state index contributed by atoms with van der Waals surface area (Å²) in [6.45, 7) is 7.84. The Hall–Kier alpha value is -5.18. The van der Waals surface area contributed by atoms with Crippen molar-refractivity contribution in [2.24, 2.45) is 0 Å². The maximum Gasteiger partial charge on any atom is 0.417 e. The zero-order valence-electron chi connectivity index (χ0n) is 32.1. The van der Waals surface area contributed by atoms with Crippen molar-refractivity contribution in [1.82, 2.24) is 19.5 Å². The van der Waals surface area contributed by atoms with Gasteiger partial charge in [-0.25, -0.2) is 9.59 Å². The standard InChI is InChI=1S/C26H22F3IN2O3.C17H12F3IN2O2/c1-4-34-25(33)24-23(30)20-13-16(21-11-6-17(14-31-21)26(27,28)29)5-12-22(20)32(24)18-7-9-19(10-8-18)35-15(2)3;1-2-25-16(24)15-14(21)11-7-9(3-5-13(11)23-15)12-6-4-10(8-22-12)17(18,19)20/h5-15H,4H2,1-3H3;3-8,23H,2H2,1H3. The molecule has 0 saturated heterocycles. The third kappa shape index (κ3) is 9.72. The Kier molecular flexibility index (Phi) is 13.5. The summed E-state index contributed by atoms with van der Waals surface area (Å²) in [5.74, 6) is -0.203. The highest BCUT2D eigenvalue weighted by molar-refractivity contribution is 14.1. The van der Waals surface area contributed by atoms with Gasteiger partial charge in [0, 0.05) is 45.5 Å². The molecule has 0 aliphatic carbocycles. The molecular weight excluding hydrogens is 1020 g/mol. The molecule has 0 spiro atoms. The van der Waals surface area contributed by atoms with Crippen molar-refractivity contribution in [3.63, 3.8) is 0 Å². The van der Waals surface area contributed by atoms with Crippen molar-refractivity contribution < 1.29 is 50.1 Å². The fraction of sp³-hybridized carbons (Fsp3) is 0.209. The number of nitrogens with zero attached hydrogens (tertiary/aromatic N) is 3. The summed E-state index contributed by atoms with van der Waals surface area (Å²) in [5.41, 5.74) is 3.49. The number of benzene rings is 3. The summed E-state index contributed by atoms with van der Waals surface area (Å²) >= 11 is 4.14. The zero-order chi connectivity index (χ0) is 43.5. The molecule has 0 aliphatic heterocycles. The van der Waals surface area contributed by atoms with Gasteiger partial charge < -0.3 is 23.8 Å². The van der Waals surface area contributed by atoms with Crippen LogP contribution in [0.25, 0.3) is 50.0 Å². The number of alkyl halides is 6. The second-order valence-electron chi connectivity index (χ2n) is 13.3. The molecule has 9 nitrogen and oxygen atoms in total. The number of hydrogen-bond acceptors (Lipinski definition) is 7. The van der Waals surface area contributed by atoms with Crippen LogP contribution in [-0.2, 0) is 21.8 Å². The van der Waals surface area contributed by atoms with Gasteiger partial charge in [0.1, 0.15) is 17.1 Å². The third-order valence-electron chi connectivity index (χ3n) is 8.83. The summed E-state index contributed by atoms with van der Waals surface area (Å²) in [7, 11) is 0. The maximum absolute atomic E-state index is 12.9. The fourth-order valence-electron chi connectivity index (χ4n) is 6.13. The quantitative estimate of drug-likeness (QED) is 0.0871. The molecule has 1 N–H and O–H groups in total. The number of fused-ring (bicyclic) bond motifs is 2. The average molecular weight is 1050 g/mol. The highest BCUT2D eigenvalue weighted by atomic mass is 127. The molecule has 312 valence electrons. The normalized spacial score (nSPS) is 11.8. The number of ether oxygens (including phenoxy) is 3. The number of H-pyrrole nitrogens is 1. The Morgan fingerprint density at radius 2 is 1.23 bits per heavy atom. The molecular formula is C43H34F6I2N4O5. The van der Waals surface area contributed by atoms with Crippen molar-refractivity contribution in [2.75, 3.05) is 13.2 Å². The first-order chi connectivity index (χ1) is 28.4. The first-order valence-corrected chi connectivity index (χ1v) is 20.4. The molecule has 17 heteroatoms. The number of aromatic nitrogens is 4. The van der Waals surface area contributed by atoms with Gasteiger partial charge in [0.2, 0.25) is 0 Å². The van der Waals surface area contributed by atoms with E-state index in [1.54, 1.807) is 38.1 Å². The molecule has 7 aromatic rings. The second-order valence-corrected chi connectivity index (χ2v) is 15.4. The zero-order valence-corrected chi connectivity index (χ0v) is 36.5. The number of rotatable bonds is 9. The maximum atomic E-state index is 12.9. The van der Waals surface area contributed by atoms with Crippen molar-refractivity contribution >= 4 is 78.9 Å². The first kappa shape index (κ1) is 44.4. The number of pyridine rings is 2. The summed E-state index contributed by atoms with van der Waals surface area (Å²) in [6, 6.07) is 22.8. The van der Waals surface area contributed by atoms with Gasteiger partial charge in [0.05, 0.1) is 54.5 Å². The van der Waals surface area contributed by atoms with Crippen LogP contribution in [-0.4, -0.2) is 50.8 Å². The molecule has 4 heterocycles. The summed E-state index contributed by atoms with van der Waals surface area (Å²) in [4.78, 5) is 35.8. The molecule has 0 radical (unpaired) electrons. The van der Waals surface area contributed by atoms with Gasteiger partial charge in [-0.05, 0) is 146 Å². The first-order valence-electron chi connectivity index (χ1n) is 18.2. The summed E-state index contributed by atoms with van der Waals surface area (Å²) in [5, 5.41) is 1.54. The highest BCUT2D eigenvalue weighted by Gasteiger charge is 2.32. The number of carbonyl (C=O) groups is 2. The van der Waals surface area contributed by atoms with E-state index in [4.69, 9.17) is 14.2 Å². The Morgan fingerprint density at radius 3 is 1.73 bits per heavy atom. The minimum Gasteiger partial charge on any atom is -0.491 e. The minimum absolute atomic E-state index is 0.0292. The summed E-state index contributed by atoms with van der Waals surface area (Å²) in [6.07, 6.45) is -7.21. The van der Waals surface area contributed by atoms with Gasteiger partial charge in [-0.2, -0.15) is 26.3 Å². The molecule has 0 atom stereocenters. The number of aromatic amines is 1. The number of hydrogen-bond donors (Lipinski definition) is 1. The molecule has 60 heavy (non-hydrogen) atoms. The predicted molar refractivity (Wildman–Crippen MR) is 231 cm³/mol. The van der Waals surface area contributed by atoms with Crippen LogP contribution in [0.4, 0.5) is 26.3 Å². The number of esters is 2. The van der Waals surface area contributed by atoms with E-state index in [0.717, 1.165) is 52.0 Å². The van der Waals surface area contributed by atoms with Gasteiger partial charge in [0.25, 0.3) is 0 Å². The summed E-state index contributed by atoms with van der Waals surface area (Å²) < 4.78 is 95.9. The van der Waals surface area contributed by atoms with Crippen molar-refractivity contribution in [3.05, 3.63) is 127 Å². The lowest BCUT2D eigenvalue weighted by molar-refractivity contribution is -0.138. The second kappa shape index (κ2) is 18.2. The molecule has 7 rings (SSSR count). The Bertz CT molecular complexity index is 2660. The molecule has 0 unspecified atom stereocenters. The van der Waals surface area contributed by atoms with Gasteiger partial charge in [-0.3, -0.25) is 9.97 Å². The fourth-order valence-corrected chi connectivity index (χ4v) is 7.83. The van der Waals surface area contributed by atoms with Crippen LogP contribution in [0.3, 0.4) is 0 Å². The van der Waals surface area contributed by atoms with Crippen LogP contribution in [0.1, 0.15) is 59.8 Å². The molecule has 0 saturated carbocycles. The van der Waals surface area contributed by atoms with Gasteiger partial charge in [-0.1, -0.05) is 12.1 Å². The van der Waals surface area contributed by atoms with Crippen LogP contribution >= 0.6 is 45.2 Å². The molecule has 4 aromatic heterocycles. The predicted octanol–water partition coefficient (Wildman–Crippen LogP) is 12.3. The largest absolute Gasteiger partial charge is 0.491 e. The molecule has 0 amide bonds. The lowest BCUT2D eigenvalue weighted by Gasteiger charge is -2.13. The van der Waals surface area contributed by atoms with Gasteiger partial charge in [0.15, 0.2) is 0 Å². The lowest BCUT2D eigenvalue weighted by atomic mass is 10.1. The van der Waals surface area contributed by atoms with Gasteiger partial charge >= 0.3 is 24.3 Å². The van der Waals surface area contributed by atoms with E-state index in [-0.39, 0.29) is 19.3 Å². The Balaban J connectivity index is 0.000000213. The molecule has 0 fully saturated rings. The van der Waals surface area contributed by atoms with Crippen molar-refractivity contribution in [1.29, 1.82) is 0 Å². The van der Waals surface area contributed by atoms with E-state index in [1.165, 1.54) is 12.1 Å². The van der Waals surface area contributed by atoms with E-state index in [0.29, 0.717) is 46.8 Å². The lowest BCUT2D eigenvalue weighted by Crippen LogP contribution is -2.12. The third-order valence-corrected chi connectivity index (χ3v) is 11.0. The SMILES string of the molecule is CCOC(=O)c1[nH]c2ccc(-c3ccc(C(F)(F)F)cn3)cc2c1I.CCOC(=O)c1c(I)c2cc(-c3ccc(C(F)(F)F)cn3)ccc2n1-c1ccc(OC(C)C)cc1. The van der Waals surface area contributed by atoms with E-state index in [1.807, 2.05) is 77.4 Å². The Labute approximate surface area is 366 Å². The van der Waals surface area contributed by atoms with E-state index >= 15 is 0 Å². The van der Waals surface area contributed by atoms with Gasteiger partial charge in [-0.15, -0.1) is 0 Å². The smallest absolute Gasteiger partial charge is 0.417 e. The van der Waals surface area contributed by atoms with Crippen LogP contribution in [0, 0.1) is 7.14 Å². The highest BCUT2D eigenvalue weighted by Crippen LogP contribution is 2.36. The van der Waals surface area contributed by atoms with E-state index in [2.05, 4.69) is 37.5 Å². The van der Waals surface area contributed by atoms with Crippen LogP contribution in [0.2, 0.25) is 0 Å². The van der Waals surface area contributed by atoms with Crippen LogP contribution in [0.15, 0.2) is 97.3 Å². The molecule has 0 bridgehead atoms. The minimum atomic E-state index is -4.45. The number of nitrogens with one attached hydrogen (secondary N) is 1. The van der Waals surface area contributed by atoms with Crippen molar-refractivity contribution in [2.45, 2.75) is 46.2 Å². The number of carbonyl (C=O) groups excluding carboxylic acids is 2. The van der Waals surface area contributed by atoms with Crippen LogP contribution in [0.5, 0.6) is 5.75 Å². The van der Waals surface area contributed by atoms with E-state index < -0.39 is 35.4 Å². The van der Waals surface area contributed by atoms with E-state index in [9.17, 15) is 35.9 Å². The molecule has 0 aliphatic rings. The molecule has 3 aromatic carbocycles. The van der Waals surface area contributed by atoms with Crippen LogP contribution < -0.4 is 4.74 Å². The number of halogens is 8. The monoisotopic (exact) mass is 1050 g/mol. The van der Waals surface area contributed by atoms with Crippen molar-refractivity contribution in [3.8, 4) is 34.0 Å². The topological polar surface area (TPSA) is 108 Å². The average Bonchev–Trinajstić information content (AvgIpc) is 3.70.